The normalized spacial score (nSPS) is 19.7. The van der Waals surface area contributed by atoms with Gasteiger partial charge < -0.3 is 5.73 Å². The van der Waals surface area contributed by atoms with Gasteiger partial charge >= 0.3 is 0 Å². The first-order valence-corrected chi connectivity index (χ1v) is 7.86. The molecule has 7 heteroatoms. The molecule has 0 aliphatic heterocycles. The van der Waals surface area contributed by atoms with E-state index in [0.29, 0.717) is 32.5 Å². The predicted octanol–water partition coefficient (Wildman–Crippen LogP) is 3.42. The molecular weight excluding hydrogens is 309 g/mol. The Bertz CT molecular complexity index is 703. The Morgan fingerprint density at radius 3 is 2.71 bits per heavy atom. The Morgan fingerprint density at radius 1 is 1.29 bits per heavy atom. The van der Waals surface area contributed by atoms with E-state index in [4.69, 9.17) is 28.9 Å². The second-order valence-corrected chi connectivity index (χ2v) is 6.95. The lowest BCUT2D eigenvalue weighted by molar-refractivity contribution is 0.348. The molecule has 0 amide bonds. The Morgan fingerprint density at radius 2 is 2.05 bits per heavy atom. The molecule has 1 aromatic heterocycles. The molecular formula is C14H15Cl2N5. The maximum atomic E-state index is 6.29. The fourth-order valence-electron chi connectivity index (χ4n) is 3.13. The molecule has 0 spiro atoms. The van der Waals surface area contributed by atoms with Gasteiger partial charge in [-0.1, -0.05) is 23.2 Å². The predicted molar refractivity (Wildman–Crippen MR) is 82.1 cm³/mol. The molecule has 1 heterocycles. The lowest BCUT2D eigenvalue weighted by Crippen LogP contribution is -2.16. The second-order valence-electron chi connectivity index (χ2n) is 6.16. The van der Waals surface area contributed by atoms with Crippen LogP contribution in [0.2, 0.25) is 10.0 Å². The minimum Gasteiger partial charge on any atom is -0.399 e. The first kappa shape index (κ1) is 13.3. The van der Waals surface area contributed by atoms with Gasteiger partial charge in [-0.05, 0) is 59.6 Å². The number of benzene rings is 1. The van der Waals surface area contributed by atoms with Crippen molar-refractivity contribution < 1.29 is 0 Å². The third-order valence-corrected chi connectivity index (χ3v) is 5.43. The highest BCUT2D eigenvalue weighted by Gasteiger charge is 2.54. The number of nitrogens with two attached hydrogens (primary N) is 1. The molecule has 0 radical (unpaired) electrons. The van der Waals surface area contributed by atoms with E-state index < -0.39 is 0 Å². The van der Waals surface area contributed by atoms with E-state index >= 15 is 0 Å². The van der Waals surface area contributed by atoms with Crippen LogP contribution in [0.4, 0.5) is 5.69 Å². The van der Waals surface area contributed by atoms with Gasteiger partial charge in [0.2, 0.25) is 0 Å². The summed E-state index contributed by atoms with van der Waals surface area (Å²) in [6.45, 7) is 0.850. The van der Waals surface area contributed by atoms with Crippen LogP contribution in [-0.4, -0.2) is 20.2 Å². The lowest BCUT2D eigenvalue weighted by Gasteiger charge is -2.15. The first-order valence-electron chi connectivity index (χ1n) is 7.10. The number of hydrogen-bond donors (Lipinski definition) is 1. The third-order valence-electron chi connectivity index (χ3n) is 4.62. The molecule has 2 aliphatic carbocycles. The molecule has 1 aromatic carbocycles. The molecule has 0 unspecified atom stereocenters. The highest BCUT2D eigenvalue weighted by molar-refractivity contribution is 6.43. The summed E-state index contributed by atoms with van der Waals surface area (Å²) in [5.41, 5.74) is 7.51. The summed E-state index contributed by atoms with van der Waals surface area (Å²) in [6, 6.07) is 3.40. The molecule has 4 rings (SSSR count). The molecule has 2 aliphatic rings. The quantitative estimate of drug-likeness (QED) is 0.875. The second kappa shape index (κ2) is 4.58. The van der Waals surface area contributed by atoms with E-state index in [1.54, 1.807) is 12.1 Å². The topological polar surface area (TPSA) is 69.6 Å². The number of nitrogens with zero attached hydrogens (tertiary/aromatic N) is 4. The number of nitrogen functional groups attached to an aromatic ring is 1. The number of halogens is 2. The van der Waals surface area contributed by atoms with Crippen molar-refractivity contribution in [2.75, 3.05) is 5.73 Å². The molecule has 2 fully saturated rings. The molecule has 21 heavy (non-hydrogen) atoms. The van der Waals surface area contributed by atoms with Crippen molar-refractivity contribution in [1.82, 2.24) is 20.2 Å². The van der Waals surface area contributed by atoms with Gasteiger partial charge in [-0.15, -0.1) is 5.10 Å². The van der Waals surface area contributed by atoms with E-state index in [9.17, 15) is 0 Å². The zero-order valence-electron chi connectivity index (χ0n) is 11.4. The Balaban J connectivity index is 1.72. The molecule has 0 atom stereocenters. The van der Waals surface area contributed by atoms with E-state index in [1.165, 1.54) is 25.7 Å². The van der Waals surface area contributed by atoms with Crippen molar-refractivity contribution in [2.24, 2.45) is 11.3 Å². The van der Waals surface area contributed by atoms with Crippen LogP contribution in [0, 0.1) is 11.3 Å². The van der Waals surface area contributed by atoms with E-state index in [0.717, 1.165) is 12.5 Å². The van der Waals surface area contributed by atoms with Gasteiger partial charge in [0.05, 0.1) is 16.6 Å². The van der Waals surface area contributed by atoms with Crippen LogP contribution in [-0.2, 0) is 6.54 Å². The summed E-state index contributed by atoms with van der Waals surface area (Å²) in [7, 11) is 0. The Hall–Kier alpha value is -1.33. The van der Waals surface area contributed by atoms with Crippen molar-refractivity contribution in [3.05, 3.63) is 22.2 Å². The van der Waals surface area contributed by atoms with Crippen LogP contribution in [0.1, 0.15) is 25.7 Å². The minimum absolute atomic E-state index is 0.403. The van der Waals surface area contributed by atoms with Gasteiger partial charge in [0.25, 0.3) is 0 Å². The van der Waals surface area contributed by atoms with Gasteiger partial charge in [0.1, 0.15) is 0 Å². The molecule has 0 bridgehead atoms. The van der Waals surface area contributed by atoms with Gasteiger partial charge in [0, 0.05) is 11.3 Å². The van der Waals surface area contributed by atoms with Crippen molar-refractivity contribution >= 4 is 28.9 Å². The molecule has 2 aromatic rings. The molecule has 0 saturated heterocycles. The summed E-state index contributed by atoms with van der Waals surface area (Å²) >= 11 is 12.4. The van der Waals surface area contributed by atoms with Crippen molar-refractivity contribution in [3.63, 3.8) is 0 Å². The Kier molecular flexibility index (Phi) is 2.91. The first-order chi connectivity index (χ1) is 10.1. The summed E-state index contributed by atoms with van der Waals surface area (Å²) in [6.07, 6.45) is 5.20. The largest absolute Gasteiger partial charge is 0.399 e. The van der Waals surface area contributed by atoms with Crippen LogP contribution >= 0.6 is 23.2 Å². The standard InChI is InChI=1S/C14H15Cl2N5/c15-11-6-9(17)5-10(12(11)16)13-18-19-20-21(13)7-14(3-4-14)8-1-2-8/h5-6,8H,1-4,7,17H2. The van der Waals surface area contributed by atoms with E-state index in [1.807, 2.05) is 4.68 Å². The van der Waals surface area contributed by atoms with Gasteiger partial charge in [-0.25, -0.2) is 4.68 Å². The van der Waals surface area contributed by atoms with Crippen LogP contribution in [0.25, 0.3) is 11.4 Å². The minimum atomic E-state index is 0.403. The van der Waals surface area contributed by atoms with Crippen LogP contribution in [0.3, 0.4) is 0 Å². The highest BCUT2D eigenvalue weighted by atomic mass is 35.5. The number of hydrogen-bond acceptors (Lipinski definition) is 4. The third kappa shape index (κ3) is 2.28. The summed E-state index contributed by atoms with van der Waals surface area (Å²) in [4.78, 5) is 0. The Labute approximate surface area is 132 Å². The molecule has 5 nitrogen and oxygen atoms in total. The lowest BCUT2D eigenvalue weighted by atomic mass is 10.0. The fraction of sp³-hybridized carbons (Fsp3) is 0.500. The van der Waals surface area contributed by atoms with Gasteiger partial charge in [0.15, 0.2) is 5.82 Å². The van der Waals surface area contributed by atoms with Gasteiger partial charge in [-0.2, -0.15) is 0 Å². The van der Waals surface area contributed by atoms with E-state index in [-0.39, 0.29) is 0 Å². The molecule has 2 saturated carbocycles. The average molecular weight is 324 g/mol. The monoisotopic (exact) mass is 323 g/mol. The van der Waals surface area contributed by atoms with Gasteiger partial charge in [-0.3, -0.25) is 0 Å². The summed E-state index contributed by atoms with van der Waals surface area (Å²) < 4.78 is 1.85. The van der Waals surface area contributed by atoms with Crippen LogP contribution in [0.15, 0.2) is 12.1 Å². The number of rotatable bonds is 4. The van der Waals surface area contributed by atoms with Crippen LogP contribution < -0.4 is 5.73 Å². The smallest absolute Gasteiger partial charge is 0.183 e. The maximum Gasteiger partial charge on any atom is 0.183 e. The SMILES string of the molecule is Nc1cc(Cl)c(Cl)c(-c2nnnn2CC2(C3CC3)CC2)c1. The number of tetrazole rings is 1. The van der Waals surface area contributed by atoms with Crippen molar-refractivity contribution in [3.8, 4) is 11.4 Å². The van der Waals surface area contributed by atoms with E-state index in [2.05, 4.69) is 15.5 Å². The fourth-order valence-corrected chi connectivity index (χ4v) is 3.55. The zero-order chi connectivity index (χ0) is 14.6. The average Bonchev–Trinajstić information content (AvgIpc) is 3.33. The summed E-state index contributed by atoms with van der Waals surface area (Å²) in [5.74, 6) is 1.48. The molecule has 110 valence electrons. The van der Waals surface area contributed by atoms with Crippen molar-refractivity contribution in [1.29, 1.82) is 0 Å². The zero-order valence-corrected chi connectivity index (χ0v) is 12.9. The molecule has 2 N–H and O–H groups in total. The summed E-state index contributed by atoms with van der Waals surface area (Å²) in [5, 5.41) is 12.9. The number of aromatic nitrogens is 4. The van der Waals surface area contributed by atoms with Crippen LogP contribution in [0.5, 0.6) is 0 Å². The maximum absolute atomic E-state index is 6.29. The highest BCUT2D eigenvalue weighted by Crippen LogP contribution is 2.62. The van der Waals surface area contributed by atoms with Crippen molar-refractivity contribution in [2.45, 2.75) is 32.2 Å². The number of anilines is 1.